The summed E-state index contributed by atoms with van der Waals surface area (Å²) in [5.74, 6) is 0.918. The molecule has 0 unspecified atom stereocenters. The number of nitrogen functional groups attached to an aromatic ring is 2. The van der Waals surface area contributed by atoms with Crippen LogP contribution in [-0.2, 0) is 13.1 Å². The Labute approximate surface area is 164 Å². The molecule has 140 valence electrons. The van der Waals surface area contributed by atoms with Crippen molar-refractivity contribution in [2.75, 3.05) is 37.6 Å². The van der Waals surface area contributed by atoms with E-state index < -0.39 is 0 Å². The predicted octanol–water partition coefficient (Wildman–Crippen LogP) is 1.06. The molecular weight excluding hydrogens is 410 g/mol. The fraction of sp³-hybridized carbons (Fsp3) is 0.353. The lowest BCUT2D eigenvalue weighted by Crippen LogP contribution is -2.45. The van der Waals surface area contributed by atoms with E-state index in [1.54, 1.807) is 0 Å². The van der Waals surface area contributed by atoms with Crippen molar-refractivity contribution in [3.63, 3.8) is 0 Å². The van der Waals surface area contributed by atoms with Crippen LogP contribution in [0.15, 0.2) is 28.7 Å². The van der Waals surface area contributed by atoms with E-state index in [9.17, 15) is 0 Å². The minimum Gasteiger partial charge on any atom is -0.382 e. The second-order valence-corrected chi connectivity index (χ2v) is 7.47. The van der Waals surface area contributed by atoms with Crippen molar-refractivity contribution >= 4 is 38.9 Å². The second-order valence-electron chi connectivity index (χ2n) is 6.55. The zero-order valence-electron chi connectivity index (χ0n) is 14.7. The quantitative estimate of drug-likeness (QED) is 0.625. The van der Waals surface area contributed by atoms with Gasteiger partial charge in [-0.25, -0.2) is 4.98 Å². The van der Waals surface area contributed by atoms with E-state index in [-0.39, 0.29) is 11.8 Å². The fourth-order valence-electron chi connectivity index (χ4n) is 3.18. The monoisotopic (exact) mass is 429 g/mol. The minimum atomic E-state index is 0.0745. The molecule has 27 heavy (non-hydrogen) atoms. The van der Waals surface area contributed by atoms with Gasteiger partial charge in [0.1, 0.15) is 0 Å². The van der Waals surface area contributed by atoms with Crippen molar-refractivity contribution in [2.24, 2.45) is 0 Å². The Morgan fingerprint density at radius 1 is 0.926 bits per heavy atom. The van der Waals surface area contributed by atoms with Gasteiger partial charge in [-0.15, -0.1) is 10.2 Å². The maximum atomic E-state index is 5.88. The number of hydrogen-bond donors (Lipinski definition) is 2. The number of halogens is 1. The van der Waals surface area contributed by atoms with Crippen molar-refractivity contribution in [1.29, 1.82) is 0 Å². The number of anilines is 2. The molecule has 0 bridgehead atoms. The summed E-state index contributed by atoms with van der Waals surface area (Å²) in [4.78, 5) is 17.2. The average molecular weight is 430 g/mol. The SMILES string of the molecule is Nc1nc(N)c2nc(CN3CCN(Cc4cccc(Br)c4)CC3)nnc2n1. The van der Waals surface area contributed by atoms with Crippen molar-refractivity contribution in [3.8, 4) is 0 Å². The minimum absolute atomic E-state index is 0.0745. The van der Waals surface area contributed by atoms with Gasteiger partial charge in [-0.3, -0.25) is 9.80 Å². The number of nitrogens with two attached hydrogens (primary N) is 2. The van der Waals surface area contributed by atoms with Crippen LogP contribution in [0.5, 0.6) is 0 Å². The first-order chi connectivity index (χ1) is 13.1. The molecular formula is C17H20BrN9. The van der Waals surface area contributed by atoms with Crippen LogP contribution in [0.2, 0.25) is 0 Å². The van der Waals surface area contributed by atoms with Gasteiger partial charge >= 0.3 is 0 Å². The van der Waals surface area contributed by atoms with Gasteiger partial charge in [-0.1, -0.05) is 28.1 Å². The third-order valence-corrected chi connectivity index (χ3v) is 5.03. The van der Waals surface area contributed by atoms with Gasteiger partial charge in [-0.2, -0.15) is 9.97 Å². The predicted molar refractivity (Wildman–Crippen MR) is 106 cm³/mol. The van der Waals surface area contributed by atoms with E-state index in [0.717, 1.165) is 37.2 Å². The first-order valence-corrected chi connectivity index (χ1v) is 9.47. The number of hydrogen-bond acceptors (Lipinski definition) is 9. The van der Waals surface area contributed by atoms with Crippen molar-refractivity contribution < 1.29 is 0 Å². The molecule has 0 radical (unpaired) electrons. The van der Waals surface area contributed by atoms with Crippen LogP contribution in [0.25, 0.3) is 11.2 Å². The molecule has 0 saturated carbocycles. The Morgan fingerprint density at radius 2 is 1.67 bits per heavy atom. The van der Waals surface area contributed by atoms with Crippen LogP contribution < -0.4 is 11.5 Å². The first kappa shape index (κ1) is 18.0. The van der Waals surface area contributed by atoms with Crippen molar-refractivity contribution in [3.05, 3.63) is 40.1 Å². The topological polar surface area (TPSA) is 123 Å². The molecule has 0 aliphatic carbocycles. The molecule has 0 atom stereocenters. The third kappa shape index (κ3) is 4.29. The van der Waals surface area contributed by atoms with Crippen molar-refractivity contribution in [2.45, 2.75) is 13.1 Å². The number of benzene rings is 1. The van der Waals surface area contributed by atoms with Gasteiger partial charge in [0, 0.05) is 37.2 Å². The summed E-state index contributed by atoms with van der Waals surface area (Å²) >= 11 is 3.53. The molecule has 1 aliphatic heterocycles. The lowest BCUT2D eigenvalue weighted by Gasteiger charge is -2.34. The van der Waals surface area contributed by atoms with Gasteiger partial charge in [0.2, 0.25) is 11.6 Å². The van der Waals surface area contributed by atoms with Gasteiger partial charge in [0.25, 0.3) is 0 Å². The zero-order valence-corrected chi connectivity index (χ0v) is 16.3. The Hall–Kier alpha value is -2.43. The molecule has 2 aromatic heterocycles. The van der Waals surface area contributed by atoms with Gasteiger partial charge in [0.05, 0.1) is 6.54 Å². The Bertz CT molecular complexity index is 956. The van der Waals surface area contributed by atoms with Gasteiger partial charge < -0.3 is 11.5 Å². The molecule has 0 spiro atoms. The number of rotatable bonds is 4. The normalized spacial score (nSPS) is 16.0. The number of fused-ring (bicyclic) bond motifs is 1. The molecule has 9 nitrogen and oxygen atoms in total. The highest BCUT2D eigenvalue weighted by Gasteiger charge is 2.19. The van der Waals surface area contributed by atoms with Crippen LogP contribution in [0.1, 0.15) is 11.4 Å². The molecule has 4 rings (SSSR count). The lowest BCUT2D eigenvalue weighted by molar-refractivity contribution is 0.119. The molecule has 4 N–H and O–H groups in total. The summed E-state index contributed by atoms with van der Waals surface area (Å²) in [6.45, 7) is 5.46. The lowest BCUT2D eigenvalue weighted by atomic mass is 10.2. The summed E-state index contributed by atoms with van der Waals surface area (Å²) in [6, 6.07) is 8.44. The van der Waals surface area contributed by atoms with Gasteiger partial charge in [-0.05, 0) is 17.7 Å². The maximum Gasteiger partial charge on any atom is 0.224 e. The van der Waals surface area contributed by atoms with E-state index in [2.05, 4.69) is 69.1 Å². The Balaban J connectivity index is 1.37. The highest BCUT2D eigenvalue weighted by Crippen LogP contribution is 2.16. The van der Waals surface area contributed by atoms with E-state index in [0.29, 0.717) is 23.5 Å². The molecule has 1 saturated heterocycles. The van der Waals surface area contributed by atoms with Crippen LogP contribution >= 0.6 is 15.9 Å². The highest BCUT2D eigenvalue weighted by molar-refractivity contribution is 9.10. The average Bonchev–Trinajstić information content (AvgIpc) is 2.64. The van der Waals surface area contributed by atoms with E-state index in [1.165, 1.54) is 5.56 Å². The zero-order chi connectivity index (χ0) is 18.8. The van der Waals surface area contributed by atoms with Crippen LogP contribution in [0, 0.1) is 0 Å². The summed E-state index contributed by atoms with van der Waals surface area (Å²) in [6.07, 6.45) is 0. The maximum absolute atomic E-state index is 5.88. The van der Waals surface area contributed by atoms with Crippen molar-refractivity contribution in [1.82, 2.24) is 34.9 Å². The summed E-state index contributed by atoms with van der Waals surface area (Å²) in [5.41, 5.74) is 13.5. The van der Waals surface area contributed by atoms with E-state index >= 15 is 0 Å². The largest absolute Gasteiger partial charge is 0.382 e. The Kier molecular flexibility index (Phi) is 5.10. The molecule has 1 aromatic carbocycles. The summed E-state index contributed by atoms with van der Waals surface area (Å²) in [7, 11) is 0. The molecule has 1 fully saturated rings. The standard InChI is InChI=1S/C17H20BrN9/c18-12-3-1-2-11(8-12)9-26-4-6-27(7-5-26)10-13-21-14-15(19)22-17(20)23-16(14)25-24-13/h1-3,8H,4-7,9-10H2,(H4,19,20,22,23,25). The van der Waals surface area contributed by atoms with Crippen LogP contribution in [0.3, 0.4) is 0 Å². The summed E-state index contributed by atoms with van der Waals surface area (Å²) in [5, 5.41) is 8.24. The molecule has 10 heteroatoms. The smallest absolute Gasteiger partial charge is 0.224 e. The fourth-order valence-corrected chi connectivity index (χ4v) is 3.62. The third-order valence-electron chi connectivity index (χ3n) is 4.54. The Morgan fingerprint density at radius 3 is 2.41 bits per heavy atom. The molecule has 1 aliphatic rings. The molecule has 0 amide bonds. The molecule has 3 heterocycles. The van der Waals surface area contributed by atoms with Gasteiger partial charge in [0.15, 0.2) is 17.2 Å². The van der Waals surface area contributed by atoms with Crippen LogP contribution in [0.4, 0.5) is 11.8 Å². The summed E-state index contributed by atoms with van der Waals surface area (Å²) < 4.78 is 1.12. The van der Waals surface area contributed by atoms with Crippen LogP contribution in [-0.4, -0.2) is 61.1 Å². The van der Waals surface area contributed by atoms with E-state index in [4.69, 9.17) is 11.5 Å². The highest BCUT2D eigenvalue weighted by atomic mass is 79.9. The number of nitrogens with zero attached hydrogens (tertiary/aromatic N) is 7. The number of piperazine rings is 1. The first-order valence-electron chi connectivity index (χ1n) is 8.68. The van der Waals surface area contributed by atoms with E-state index in [1.807, 2.05) is 6.07 Å². The second kappa shape index (κ2) is 7.67. The number of aromatic nitrogens is 5. The molecule has 3 aromatic rings.